The lowest BCUT2D eigenvalue weighted by atomic mass is 9.90. The molecule has 1 saturated heterocycles. The molecule has 0 aliphatic carbocycles. The van der Waals surface area contributed by atoms with Gasteiger partial charge in [-0.15, -0.1) is 0 Å². The highest BCUT2D eigenvalue weighted by atomic mass is 15.2. The summed E-state index contributed by atoms with van der Waals surface area (Å²) in [5.74, 6) is 0.522. The molecule has 1 aliphatic heterocycles. The molecule has 0 bridgehead atoms. The van der Waals surface area contributed by atoms with Crippen LogP contribution < -0.4 is 5.73 Å². The third kappa shape index (κ3) is 3.12. The number of aryl methyl sites for hydroxylation is 1. The van der Waals surface area contributed by atoms with Gasteiger partial charge in [-0.1, -0.05) is 43.2 Å². The topological polar surface area (TPSA) is 29.3 Å². The number of benzene rings is 1. The maximum atomic E-state index is 6.03. The van der Waals surface area contributed by atoms with E-state index in [0.717, 1.165) is 6.54 Å². The highest BCUT2D eigenvalue weighted by Gasteiger charge is 2.25. The van der Waals surface area contributed by atoms with E-state index in [-0.39, 0.29) is 0 Å². The zero-order valence-corrected chi connectivity index (χ0v) is 11.7. The first kappa shape index (κ1) is 13.6. The molecule has 0 amide bonds. The standard InChI is InChI=1S/C16H26N2/c1-13-6-8-15(9-7-13)14(2)16(12-17)18-10-4-3-5-11-18/h6-9,14,16H,3-5,10-12,17H2,1-2H3. The maximum absolute atomic E-state index is 6.03. The molecule has 1 aromatic rings. The molecule has 2 nitrogen and oxygen atoms in total. The summed E-state index contributed by atoms with van der Waals surface area (Å²) in [7, 11) is 0. The fourth-order valence-corrected chi connectivity index (χ4v) is 3.01. The lowest BCUT2D eigenvalue weighted by molar-refractivity contribution is 0.149. The highest BCUT2D eigenvalue weighted by Crippen LogP contribution is 2.25. The zero-order valence-electron chi connectivity index (χ0n) is 11.7. The second-order valence-electron chi connectivity index (χ2n) is 5.60. The van der Waals surface area contributed by atoms with E-state index < -0.39 is 0 Å². The van der Waals surface area contributed by atoms with Gasteiger partial charge in [0.2, 0.25) is 0 Å². The SMILES string of the molecule is Cc1ccc(C(C)C(CN)N2CCCCC2)cc1. The summed E-state index contributed by atoms with van der Waals surface area (Å²) in [6.07, 6.45) is 4.04. The number of piperidine rings is 1. The van der Waals surface area contributed by atoms with E-state index in [9.17, 15) is 0 Å². The fraction of sp³-hybridized carbons (Fsp3) is 0.625. The Kier molecular flexibility index (Phi) is 4.79. The third-order valence-corrected chi connectivity index (χ3v) is 4.28. The quantitative estimate of drug-likeness (QED) is 0.885. The number of hydrogen-bond acceptors (Lipinski definition) is 2. The van der Waals surface area contributed by atoms with Crippen LogP contribution in [0, 0.1) is 6.92 Å². The Morgan fingerprint density at radius 3 is 2.28 bits per heavy atom. The lowest BCUT2D eigenvalue weighted by Gasteiger charge is -2.37. The van der Waals surface area contributed by atoms with Crippen molar-refractivity contribution >= 4 is 0 Å². The van der Waals surface area contributed by atoms with Crippen molar-refractivity contribution in [3.05, 3.63) is 35.4 Å². The van der Waals surface area contributed by atoms with E-state index in [1.54, 1.807) is 0 Å². The first-order chi connectivity index (χ1) is 8.72. The van der Waals surface area contributed by atoms with Gasteiger partial charge in [0.1, 0.15) is 0 Å². The average molecular weight is 246 g/mol. The molecule has 0 radical (unpaired) electrons. The van der Waals surface area contributed by atoms with Crippen LogP contribution in [-0.2, 0) is 0 Å². The van der Waals surface area contributed by atoms with Crippen LogP contribution >= 0.6 is 0 Å². The molecule has 1 heterocycles. The van der Waals surface area contributed by atoms with Crippen LogP contribution in [0.15, 0.2) is 24.3 Å². The molecule has 100 valence electrons. The summed E-state index contributed by atoms with van der Waals surface area (Å²) in [5.41, 5.74) is 8.78. The van der Waals surface area contributed by atoms with Crippen LogP contribution in [0.2, 0.25) is 0 Å². The summed E-state index contributed by atoms with van der Waals surface area (Å²) >= 11 is 0. The number of hydrogen-bond donors (Lipinski definition) is 1. The minimum Gasteiger partial charge on any atom is -0.329 e. The molecule has 2 N–H and O–H groups in total. The van der Waals surface area contributed by atoms with Gasteiger partial charge in [0.25, 0.3) is 0 Å². The molecule has 2 heteroatoms. The Labute approximate surface area is 111 Å². The van der Waals surface area contributed by atoms with Crippen molar-refractivity contribution in [2.24, 2.45) is 5.73 Å². The van der Waals surface area contributed by atoms with Gasteiger partial charge >= 0.3 is 0 Å². The predicted octanol–water partition coefficient (Wildman–Crippen LogP) is 2.91. The van der Waals surface area contributed by atoms with E-state index in [2.05, 4.69) is 43.0 Å². The monoisotopic (exact) mass is 246 g/mol. The summed E-state index contributed by atoms with van der Waals surface area (Å²) in [6.45, 7) is 7.65. The smallest absolute Gasteiger partial charge is 0.0284 e. The summed E-state index contributed by atoms with van der Waals surface area (Å²) in [6, 6.07) is 9.41. The van der Waals surface area contributed by atoms with Crippen LogP contribution in [0.3, 0.4) is 0 Å². The van der Waals surface area contributed by atoms with Crippen molar-refractivity contribution in [1.82, 2.24) is 4.90 Å². The average Bonchev–Trinajstić information content (AvgIpc) is 2.41. The molecule has 1 aliphatic rings. The van der Waals surface area contributed by atoms with E-state index in [0.29, 0.717) is 12.0 Å². The largest absolute Gasteiger partial charge is 0.329 e. The molecule has 18 heavy (non-hydrogen) atoms. The minimum atomic E-state index is 0.494. The van der Waals surface area contributed by atoms with Gasteiger partial charge in [0, 0.05) is 12.6 Å². The Morgan fingerprint density at radius 1 is 1.11 bits per heavy atom. The zero-order chi connectivity index (χ0) is 13.0. The molecule has 1 aromatic carbocycles. The van der Waals surface area contributed by atoms with Gasteiger partial charge in [0.15, 0.2) is 0 Å². The molecule has 0 aromatic heterocycles. The summed E-state index contributed by atoms with van der Waals surface area (Å²) in [5, 5.41) is 0. The van der Waals surface area contributed by atoms with Gasteiger partial charge in [-0.2, -0.15) is 0 Å². The van der Waals surface area contributed by atoms with Crippen LogP contribution in [0.25, 0.3) is 0 Å². The molecule has 0 spiro atoms. The summed E-state index contributed by atoms with van der Waals surface area (Å²) in [4.78, 5) is 2.59. The Morgan fingerprint density at radius 2 is 1.72 bits per heavy atom. The van der Waals surface area contributed by atoms with Gasteiger partial charge in [-0.25, -0.2) is 0 Å². The van der Waals surface area contributed by atoms with Crippen molar-refractivity contribution in [1.29, 1.82) is 0 Å². The number of nitrogens with two attached hydrogens (primary N) is 1. The molecule has 0 saturated carbocycles. The van der Waals surface area contributed by atoms with Crippen molar-refractivity contribution in [3.63, 3.8) is 0 Å². The number of nitrogens with zero attached hydrogens (tertiary/aromatic N) is 1. The molecule has 1 fully saturated rings. The normalized spacial score (nSPS) is 20.6. The van der Waals surface area contributed by atoms with E-state index in [4.69, 9.17) is 5.73 Å². The van der Waals surface area contributed by atoms with Crippen LogP contribution in [0.4, 0.5) is 0 Å². The molecule has 2 rings (SSSR count). The van der Waals surface area contributed by atoms with Crippen LogP contribution in [-0.4, -0.2) is 30.6 Å². The lowest BCUT2D eigenvalue weighted by Crippen LogP contribution is -2.46. The minimum absolute atomic E-state index is 0.494. The Balaban J connectivity index is 2.08. The van der Waals surface area contributed by atoms with Crippen LogP contribution in [0.5, 0.6) is 0 Å². The second kappa shape index (κ2) is 6.35. The molecular formula is C16H26N2. The third-order valence-electron chi connectivity index (χ3n) is 4.28. The van der Waals surface area contributed by atoms with Crippen LogP contribution in [0.1, 0.15) is 43.2 Å². The fourth-order valence-electron chi connectivity index (χ4n) is 3.01. The second-order valence-corrected chi connectivity index (χ2v) is 5.60. The first-order valence-electron chi connectivity index (χ1n) is 7.23. The van der Waals surface area contributed by atoms with E-state index in [1.165, 1.54) is 43.5 Å². The van der Waals surface area contributed by atoms with Crippen molar-refractivity contribution in [2.45, 2.75) is 45.1 Å². The van der Waals surface area contributed by atoms with Gasteiger partial charge in [0.05, 0.1) is 0 Å². The summed E-state index contributed by atoms with van der Waals surface area (Å²) < 4.78 is 0. The first-order valence-corrected chi connectivity index (χ1v) is 7.23. The maximum Gasteiger partial charge on any atom is 0.0284 e. The Hall–Kier alpha value is -0.860. The predicted molar refractivity (Wildman–Crippen MR) is 77.9 cm³/mol. The van der Waals surface area contributed by atoms with Gasteiger partial charge in [-0.05, 0) is 44.3 Å². The van der Waals surface area contributed by atoms with Gasteiger partial charge in [-0.3, -0.25) is 4.90 Å². The van der Waals surface area contributed by atoms with Crippen molar-refractivity contribution in [2.75, 3.05) is 19.6 Å². The number of rotatable bonds is 4. The Bertz CT molecular complexity index is 352. The van der Waals surface area contributed by atoms with Gasteiger partial charge < -0.3 is 5.73 Å². The van der Waals surface area contributed by atoms with E-state index in [1.807, 2.05) is 0 Å². The highest BCUT2D eigenvalue weighted by molar-refractivity contribution is 5.25. The molecule has 2 atom stereocenters. The van der Waals surface area contributed by atoms with E-state index >= 15 is 0 Å². The molecular weight excluding hydrogens is 220 g/mol. The van der Waals surface area contributed by atoms with Crippen molar-refractivity contribution in [3.8, 4) is 0 Å². The van der Waals surface area contributed by atoms with Crippen molar-refractivity contribution < 1.29 is 0 Å². The molecule has 2 unspecified atom stereocenters. The number of likely N-dealkylation sites (tertiary alicyclic amines) is 1.